The fourth-order valence-electron chi connectivity index (χ4n) is 0.539. The van der Waals surface area contributed by atoms with Crippen LogP contribution in [0.3, 0.4) is 0 Å². The summed E-state index contributed by atoms with van der Waals surface area (Å²) in [6.07, 6.45) is 4.48. The van der Waals surface area contributed by atoms with Crippen molar-refractivity contribution in [1.82, 2.24) is 0 Å². The summed E-state index contributed by atoms with van der Waals surface area (Å²) >= 11 is 0. The monoisotopic (exact) mass is 82.1 g/mol. The predicted octanol–water partition coefficient (Wildman–Crippen LogP) is 1.74. The van der Waals surface area contributed by atoms with E-state index in [1.165, 1.54) is 6.42 Å². The standard InChI is InChI=1S/C6H10/c1-5(2)6-3-4-6/h5-6H,3H2,1-2H3. The number of hydrogen-bond acceptors (Lipinski definition) is 0. The van der Waals surface area contributed by atoms with E-state index < -0.39 is 0 Å². The minimum absolute atomic E-state index is 0.852. The molecule has 1 unspecified atom stereocenters. The van der Waals surface area contributed by atoms with Crippen LogP contribution in [-0.2, 0) is 0 Å². The number of rotatable bonds is 1. The van der Waals surface area contributed by atoms with Gasteiger partial charge in [0.25, 0.3) is 0 Å². The van der Waals surface area contributed by atoms with Gasteiger partial charge in [-0.2, -0.15) is 0 Å². The second kappa shape index (κ2) is 1.25. The Morgan fingerprint density at radius 2 is 2.17 bits per heavy atom. The van der Waals surface area contributed by atoms with Gasteiger partial charge in [-0.3, -0.25) is 0 Å². The summed E-state index contributed by atoms with van der Waals surface area (Å²) in [6, 6.07) is 0. The molecule has 6 heavy (non-hydrogen) atoms. The van der Waals surface area contributed by atoms with Gasteiger partial charge in [0.1, 0.15) is 0 Å². The zero-order valence-electron chi connectivity index (χ0n) is 4.36. The van der Waals surface area contributed by atoms with Crippen molar-refractivity contribution in [1.29, 1.82) is 0 Å². The molecule has 0 spiro atoms. The van der Waals surface area contributed by atoms with Crippen molar-refractivity contribution in [3.63, 3.8) is 0 Å². The fraction of sp³-hybridized carbons (Fsp3) is 0.833. The average molecular weight is 82.1 g/mol. The molecule has 0 aromatic heterocycles. The highest BCUT2D eigenvalue weighted by Gasteiger charge is 2.25. The van der Waals surface area contributed by atoms with Crippen molar-refractivity contribution in [2.45, 2.75) is 20.3 Å². The van der Waals surface area contributed by atoms with E-state index in [1.54, 1.807) is 0 Å². The predicted molar refractivity (Wildman–Crippen MR) is 26.2 cm³/mol. The molecule has 1 saturated carbocycles. The highest BCUT2D eigenvalue weighted by Crippen LogP contribution is 2.34. The SMILES string of the molecule is CC(C)C1[C]C1. The van der Waals surface area contributed by atoms with Crippen molar-refractivity contribution in [3.05, 3.63) is 6.42 Å². The Bertz CT molecular complexity index is 42.0. The highest BCUT2D eigenvalue weighted by atomic mass is 14.3. The maximum absolute atomic E-state index is 3.23. The molecule has 1 rings (SSSR count). The highest BCUT2D eigenvalue weighted by molar-refractivity contribution is 4.95. The molecule has 1 aliphatic rings. The minimum atomic E-state index is 0.852. The summed E-state index contributed by atoms with van der Waals surface area (Å²) in [6.45, 7) is 4.48. The van der Waals surface area contributed by atoms with Crippen molar-refractivity contribution >= 4 is 0 Å². The van der Waals surface area contributed by atoms with Crippen LogP contribution in [0, 0.1) is 18.3 Å². The third kappa shape index (κ3) is 0.735. The third-order valence-corrected chi connectivity index (χ3v) is 1.24. The summed E-state index contributed by atoms with van der Waals surface area (Å²) in [5, 5.41) is 0. The van der Waals surface area contributed by atoms with E-state index in [4.69, 9.17) is 0 Å². The molecule has 0 nitrogen and oxygen atoms in total. The lowest BCUT2D eigenvalue weighted by Crippen LogP contribution is -1.85. The molecule has 0 amide bonds. The van der Waals surface area contributed by atoms with Gasteiger partial charge in [-0.25, -0.2) is 0 Å². The molecular formula is C6H10. The van der Waals surface area contributed by atoms with Crippen LogP contribution in [0.5, 0.6) is 0 Å². The van der Waals surface area contributed by atoms with Crippen LogP contribution in [0.2, 0.25) is 0 Å². The summed E-state index contributed by atoms with van der Waals surface area (Å²) < 4.78 is 0. The first-order valence-electron chi connectivity index (χ1n) is 2.54. The van der Waals surface area contributed by atoms with Gasteiger partial charge in [0.05, 0.1) is 0 Å². The Balaban J connectivity index is 2.13. The Labute approximate surface area is 39.6 Å². The topological polar surface area (TPSA) is 0 Å². The molecule has 0 aliphatic heterocycles. The van der Waals surface area contributed by atoms with Gasteiger partial charge in [-0.15, -0.1) is 0 Å². The second-order valence-electron chi connectivity index (χ2n) is 2.26. The fourth-order valence-corrected chi connectivity index (χ4v) is 0.539. The van der Waals surface area contributed by atoms with Gasteiger partial charge >= 0.3 is 0 Å². The second-order valence-corrected chi connectivity index (χ2v) is 2.26. The molecule has 0 bridgehead atoms. The zero-order chi connectivity index (χ0) is 4.57. The largest absolute Gasteiger partial charge is 0.0625 e. The first-order valence-corrected chi connectivity index (χ1v) is 2.54. The Kier molecular flexibility index (Phi) is 0.868. The first kappa shape index (κ1) is 4.17. The molecule has 0 heteroatoms. The van der Waals surface area contributed by atoms with Crippen LogP contribution in [0.1, 0.15) is 20.3 Å². The molecular weight excluding hydrogens is 72.1 g/mol. The van der Waals surface area contributed by atoms with E-state index in [-0.39, 0.29) is 0 Å². The Morgan fingerprint density at radius 3 is 2.17 bits per heavy atom. The van der Waals surface area contributed by atoms with Crippen LogP contribution in [-0.4, -0.2) is 0 Å². The molecule has 1 aliphatic carbocycles. The van der Waals surface area contributed by atoms with Crippen molar-refractivity contribution < 1.29 is 0 Å². The van der Waals surface area contributed by atoms with E-state index in [9.17, 15) is 0 Å². The molecule has 1 fully saturated rings. The maximum atomic E-state index is 3.23. The lowest BCUT2D eigenvalue weighted by Gasteiger charge is -1.93. The van der Waals surface area contributed by atoms with Gasteiger partial charge < -0.3 is 0 Å². The van der Waals surface area contributed by atoms with E-state index >= 15 is 0 Å². The van der Waals surface area contributed by atoms with E-state index in [0.717, 1.165) is 11.8 Å². The Hall–Kier alpha value is 0. The summed E-state index contributed by atoms with van der Waals surface area (Å²) in [5.41, 5.74) is 0. The van der Waals surface area contributed by atoms with Crippen molar-refractivity contribution in [2.75, 3.05) is 0 Å². The molecule has 0 N–H and O–H groups in total. The Morgan fingerprint density at radius 1 is 1.67 bits per heavy atom. The van der Waals surface area contributed by atoms with E-state index in [2.05, 4.69) is 20.3 Å². The van der Waals surface area contributed by atoms with Crippen LogP contribution >= 0.6 is 0 Å². The van der Waals surface area contributed by atoms with E-state index in [0.29, 0.717) is 0 Å². The summed E-state index contributed by atoms with van der Waals surface area (Å²) in [5.74, 6) is 1.70. The normalized spacial score (nSPS) is 22.5. The average Bonchev–Trinajstić information content (AvgIpc) is 2.06. The van der Waals surface area contributed by atoms with E-state index in [1.807, 2.05) is 0 Å². The zero-order valence-corrected chi connectivity index (χ0v) is 4.36. The van der Waals surface area contributed by atoms with Crippen LogP contribution in [0.25, 0.3) is 0 Å². The van der Waals surface area contributed by atoms with Crippen LogP contribution < -0.4 is 0 Å². The number of hydrogen-bond donors (Lipinski definition) is 0. The quantitative estimate of drug-likeness (QED) is 0.452. The molecule has 0 saturated heterocycles. The van der Waals surface area contributed by atoms with Gasteiger partial charge in [-0.1, -0.05) is 13.8 Å². The third-order valence-electron chi connectivity index (χ3n) is 1.24. The smallest absolute Gasteiger partial charge is 0.0134 e. The molecule has 0 aromatic rings. The van der Waals surface area contributed by atoms with Crippen LogP contribution in [0.4, 0.5) is 0 Å². The summed E-state index contributed by atoms with van der Waals surface area (Å²) in [4.78, 5) is 0. The molecule has 1 atom stereocenters. The van der Waals surface area contributed by atoms with Gasteiger partial charge in [0.15, 0.2) is 0 Å². The molecule has 0 heterocycles. The lowest BCUT2D eigenvalue weighted by atomic mass is 10.1. The lowest BCUT2D eigenvalue weighted by molar-refractivity contribution is 0.580. The minimum Gasteiger partial charge on any atom is -0.0625 e. The first-order chi connectivity index (χ1) is 2.80. The molecule has 2 radical (unpaired) electrons. The molecule has 0 aromatic carbocycles. The molecule has 34 valence electrons. The van der Waals surface area contributed by atoms with Crippen molar-refractivity contribution in [2.24, 2.45) is 11.8 Å². The van der Waals surface area contributed by atoms with Crippen LogP contribution in [0.15, 0.2) is 0 Å². The van der Waals surface area contributed by atoms with Gasteiger partial charge in [0.2, 0.25) is 0 Å². The summed E-state index contributed by atoms with van der Waals surface area (Å²) in [7, 11) is 0. The maximum Gasteiger partial charge on any atom is -0.0134 e. The van der Waals surface area contributed by atoms with Gasteiger partial charge in [-0.05, 0) is 24.7 Å². The van der Waals surface area contributed by atoms with Gasteiger partial charge in [0, 0.05) is 0 Å². The van der Waals surface area contributed by atoms with Crippen molar-refractivity contribution in [3.8, 4) is 0 Å².